The van der Waals surface area contributed by atoms with Crippen LogP contribution in [0.4, 0.5) is 0 Å². The first-order valence-corrected chi connectivity index (χ1v) is 5.81. The summed E-state index contributed by atoms with van der Waals surface area (Å²) in [6, 6.07) is 0. The molecule has 0 aliphatic heterocycles. The van der Waals surface area contributed by atoms with Crippen molar-refractivity contribution in [2.75, 3.05) is 20.3 Å². The summed E-state index contributed by atoms with van der Waals surface area (Å²) in [4.78, 5) is 4.37. The summed E-state index contributed by atoms with van der Waals surface area (Å²) in [6.07, 6.45) is 2.83. The highest BCUT2D eigenvalue weighted by Crippen LogP contribution is 2.26. The zero-order chi connectivity index (χ0) is 10.4. The first-order chi connectivity index (χ1) is 6.79. The van der Waals surface area contributed by atoms with E-state index in [1.54, 1.807) is 18.4 Å². The van der Waals surface area contributed by atoms with Crippen LogP contribution < -0.4 is 5.32 Å². The molecule has 80 valence electrons. The second kappa shape index (κ2) is 5.44. The zero-order valence-electron chi connectivity index (χ0n) is 9.04. The number of ether oxygens (including phenoxy) is 1. The van der Waals surface area contributed by atoms with Gasteiger partial charge in [0.2, 0.25) is 0 Å². The lowest BCUT2D eigenvalue weighted by atomic mass is 9.98. The summed E-state index contributed by atoms with van der Waals surface area (Å²) >= 11 is 1.68. The first-order valence-electron chi connectivity index (χ1n) is 4.93. The molecular weight excluding hydrogens is 196 g/mol. The van der Waals surface area contributed by atoms with Crippen molar-refractivity contribution < 1.29 is 4.74 Å². The number of nitrogens with one attached hydrogen (secondary N) is 1. The van der Waals surface area contributed by atoms with E-state index in [0.29, 0.717) is 6.61 Å². The molecule has 0 fully saturated rings. The highest BCUT2D eigenvalue weighted by atomic mass is 32.1. The fourth-order valence-corrected chi connectivity index (χ4v) is 2.48. The van der Waals surface area contributed by atoms with Gasteiger partial charge in [-0.15, -0.1) is 11.3 Å². The van der Waals surface area contributed by atoms with Gasteiger partial charge in [-0.1, -0.05) is 13.8 Å². The molecule has 0 saturated heterocycles. The van der Waals surface area contributed by atoms with Crippen molar-refractivity contribution in [3.63, 3.8) is 0 Å². The van der Waals surface area contributed by atoms with E-state index in [1.807, 2.05) is 11.6 Å². The van der Waals surface area contributed by atoms with Crippen LogP contribution in [0.15, 0.2) is 11.6 Å². The minimum Gasteiger partial charge on any atom is -0.382 e. The lowest BCUT2D eigenvalue weighted by Crippen LogP contribution is -2.45. The number of methoxy groups -OCH3 is 1. The molecule has 1 rings (SSSR count). The fraction of sp³-hybridized carbons (Fsp3) is 0.700. The average molecular weight is 214 g/mol. The predicted molar refractivity (Wildman–Crippen MR) is 59.6 cm³/mol. The Morgan fingerprint density at radius 1 is 1.57 bits per heavy atom. The van der Waals surface area contributed by atoms with Gasteiger partial charge in [-0.25, -0.2) is 4.98 Å². The molecular formula is C10H18N2OS. The van der Waals surface area contributed by atoms with E-state index in [4.69, 9.17) is 4.74 Å². The number of likely N-dealkylation sites (N-methyl/N-ethyl adjacent to an activating group) is 1. The molecule has 1 heterocycles. The second-order valence-corrected chi connectivity index (χ2v) is 4.13. The number of hydrogen-bond acceptors (Lipinski definition) is 4. The Balaban J connectivity index is 2.88. The van der Waals surface area contributed by atoms with Gasteiger partial charge in [0.1, 0.15) is 5.01 Å². The Morgan fingerprint density at radius 3 is 2.79 bits per heavy atom. The number of nitrogens with zero attached hydrogens (tertiary/aromatic N) is 1. The third-order valence-corrected chi connectivity index (χ3v) is 3.33. The molecule has 4 heteroatoms. The van der Waals surface area contributed by atoms with Crippen LogP contribution in [0, 0.1) is 0 Å². The lowest BCUT2D eigenvalue weighted by molar-refractivity contribution is 0.105. The summed E-state index contributed by atoms with van der Waals surface area (Å²) in [6.45, 7) is 5.86. The summed E-state index contributed by atoms with van der Waals surface area (Å²) in [7, 11) is 1.73. The summed E-state index contributed by atoms with van der Waals surface area (Å²) in [5, 5.41) is 6.59. The number of aromatic nitrogens is 1. The third-order valence-electron chi connectivity index (χ3n) is 2.35. The molecule has 1 unspecified atom stereocenters. The first kappa shape index (κ1) is 11.6. The molecule has 1 atom stereocenters. The monoisotopic (exact) mass is 214 g/mol. The molecule has 1 aromatic heterocycles. The van der Waals surface area contributed by atoms with E-state index in [2.05, 4.69) is 24.1 Å². The van der Waals surface area contributed by atoms with E-state index in [0.717, 1.165) is 18.0 Å². The third kappa shape index (κ3) is 2.32. The van der Waals surface area contributed by atoms with Gasteiger partial charge in [0, 0.05) is 18.7 Å². The zero-order valence-corrected chi connectivity index (χ0v) is 9.86. The van der Waals surface area contributed by atoms with Crippen molar-refractivity contribution in [3.05, 3.63) is 16.6 Å². The van der Waals surface area contributed by atoms with Crippen molar-refractivity contribution in [1.82, 2.24) is 10.3 Å². The molecule has 1 aromatic rings. The van der Waals surface area contributed by atoms with Gasteiger partial charge in [0.05, 0.1) is 12.1 Å². The lowest BCUT2D eigenvalue weighted by Gasteiger charge is -2.30. The van der Waals surface area contributed by atoms with Crippen LogP contribution in [0.25, 0.3) is 0 Å². The van der Waals surface area contributed by atoms with Gasteiger partial charge in [-0.3, -0.25) is 0 Å². The quantitative estimate of drug-likeness (QED) is 0.786. The van der Waals surface area contributed by atoms with Crippen LogP contribution in [0.3, 0.4) is 0 Å². The van der Waals surface area contributed by atoms with Crippen LogP contribution in [-0.4, -0.2) is 25.2 Å². The molecule has 14 heavy (non-hydrogen) atoms. The molecule has 0 bridgehead atoms. The van der Waals surface area contributed by atoms with E-state index >= 15 is 0 Å². The highest BCUT2D eigenvalue weighted by molar-refractivity contribution is 7.09. The number of hydrogen-bond donors (Lipinski definition) is 1. The summed E-state index contributed by atoms with van der Waals surface area (Å²) in [5.74, 6) is 0. The molecule has 0 amide bonds. The van der Waals surface area contributed by atoms with Crippen LogP contribution in [-0.2, 0) is 10.3 Å². The van der Waals surface area contributed by atoms with Crippen molar-refractivity contribution in [2.24, 2.45) is 0 Å². The Kier molecular flexibility index (Phi) is 4.51. The average Bonchev–Trinajstić information content (AvgIpc) is 2.70. The van der Waals surface area contributed by atoms with E-state index in [9.17, 15) is 0 Å². The van der Waals surface area contributed by atoms with Gasteiger partial charge in [0.25, 0.3) is 0 Å². The maximum atomic E-state index is 5.28. The van der Waals surface area contributed by atoms with E-state index < -0.39 is 0 Å². The van der Waals surface area contributed by atoms with Crippen molar-refractivity contribution in [1.29, 1.82) is 0 Å². The topological polar surface area (TPSA) is 34.1 Å². The van der Waals surface area contributed by atoms with Gasteiger partial charge in [-0.05, 0) is 13.0 Å². The molecule has 0 radical (unpaired) electrons. The smallest absolute Gasteiger partial charge is 0.115 e. The van der Waals surface area contributed by atoms with Crippen LogP contribution in [0.1, 0.15) is 25.3 Å². The van der Waals surface area contributed by atoms with E-state index in [-0.39, 0.29) is 5.54 Å². The summed E-state index contributed by atoms with van der Waals surface area (Å²) in [5.41, 5.74) is -0.0995. The van der Waals surface area contributed by atoms with Gasteiger partial charge < -0.3 is 10.1 Å². The van der Waals surface area contributed by atoms with Crippen LogP contribution in [0.5, 0.6) is 0 Å². The SMILES string of the molecule is CCNC(CC)(COC)c1nccs1. The maximum Gasteiger partial charge on any atom is 0.115 e. The molecule has 0 aliphatic carbocycles. The van der Waals surface area contributed by atoms with Gasteiger partial charge in [0.15, 0.2) is 0 Å². The highest BCUT2D eigenvalue weighted by Gasteiger charge is 2.31. The maximum absolute atomic E-state index is 5.28. The predicted octanol–water partition coefficient (Wildman–Crippen LogP) is 2.00. The molecule has 0 spiro atoms. The Hall–Kier alpha value is -0.450. The standard InChI is InChI=1S/C10H18N2OS/c1-4-10(8-13-3,12-5-2)9-11-6-7-14-9/h6-7,12H,4-5,8H2,1-3H3. The molecule has 1 N–H and O–H groups in total. The minimum atomic E-state index is -0.0995. The number of thiazole rings is 1. The molecule has 0 aliphatic rings. The Morgan fingerprint density at radius 2 is 2.36 bits per heavy atom. The van der Waals surface area contributed by atoms with Crippen molar-refractivity contribution >= 4 is 11.3 Å². The van der Waals surface area contributed by atoms with Crippen molar-refractivity contribution in [2.45, 2.75) is 25.8 Å². The molecule has 0 saturated carbocycles. The van der Waals surface area contributed by atoms with Crippen LogP contribution in [0.2, 0.25) is 0 Å². The van der Waals surface area contributed by atoms with Crippen molar-refractivity contribution in [3.8, 4) is 0 Å². The number of rotatable bonds is 6. The minimum absolute atomic E-state index is 0.0995. The largest absolute Gasteiger partial charge is 0.382 e. The van der Waals surface area contributed by atoms with Crippen LogP contribution >= 0.6 is 11.3 Å². The Bertz CT molecular complexity index is 243. The normalized spacial score (nSPS) is 15.4. The Labute approximate surface area is 89.5 Å². The van der Waals surface area contributed by atoms with Gasteiger partial charge >= 0.3 is 0 Å². The molecule has 3 nitrogen and oxygen atoms in total. The van der Waals surface area contributed by atoms with Gasteiger partial charge in [-0.2, -0.15) is 0 Å². The van der Waals surface area contributed by atoms with E-state index in [1.165, 1.54) is 0 Å². The molecule has 0 aromatic carbocycles. The summed E-state index contributed by atoms with van der Waals surface area (Å²) < 4.78 is 5.28. The fourth-order valence-electron chi connectivity index (χ4n) is 1.61. The second-order valence-electron chi connectivity index (χ2n) is 3.24.